The van der Waals surface area contributed by atoms with Crippen LogP contribution in [0.5, 0.6) is 0 Å². The van der Waals surface area contributed by atoms with Crippen molar-refractivity contribution in [3.8, 4) is 0 Å². The molecule has 1 saturated carbocycles. The molecule has 1 unspecified atom stereocenters. The number of hydrogen-bond donors (Lipinski definition) is 3. The molecule has 0 bridgehead atoms. The van der Waals surface area contributed by atoms with E-state index in [0.29, 0.717) is 11.4 Å². The van der Waals surface area contributed by atoms with Crippen LogP contribution in [-0.4, -0.2) is 26.3 Å². The lowest BCUT2D eigenvalue weighted by Gasteiger charge is -2.18. The number of anilines is 2. The highest BCUT2D eigenvalue weighted by molar-refractivity contribution is 7.92. The van der Waals surface area contributed by atoms with Gasteiger partial charge in [-0.25, -0.2) is 8.42 Å². The van der Waals surface area contributed by atoms with Crippen LogP contribution in [0.4, 0.5) is 11.4 Å². The second-order valence-electron chi connectivity index (χ2n) is 7.65. The van der Waals surface area contributed by atoms with E-state index >= 15 is 0 Å². The summed E-state index contributed by atoms with van der Waals surface area (Å²) < 4.78 is 27.8. The molecule has 2 amide bonds. The molecule has 2 aromatic rings. The Labute approximate surface area is 177 Å². The minimum Gasteiger partial charge on any atom is -0.344 e. The van der Waals surface area contributed by atoms with Gasteiger partial charge in [-0.1, -0.05) is 37.1 Å². The van der Waals surface area contributed by atoms with Gasteiger partial charge in [-0.05, 0) is 56.5 Å². The van der Waals surface area contributed by atoms with Gasteiger partial charge in [0.2, 0.25) is 11.8 Å². The van der Waals surface area contributed by atoms with Gasteiger partial charge in [0.15, 0.2) is 0 Å². The molecule has 7 nitrogen and oxygen atoms in total. The molecule has 0 heterocycles. The highest BCUT2D eigenvalue weighted by Crippen LogP contribution is 2.25. The lowest BCUT2D eigenvalue weighted by atomic mass is 10.1. The normalized spacial score (nSPS) is 15.4. The average molecular weight is 430 g/mol. The number of nitrogens with one attached hydrogen (secondary N) is 3. The Balaban J connectivity index is 1.67. The molecule has 3 rings (SSSR count). The highest BCUT2D eigenvalue weighted by atomic mass is 32.2. The number of benzene rings is 2. The minimum absolute atomic E-state index is 0.0152. The quantitative estimate of drug-likeness (QED) is 0.627. The van der Waals surface area contributed by atoms with Crippen molar-refractivity contribution in [1.82, 2.24) is 5.32 Å². The van der Waals surface area contributed by atoms with Crippen LogP contribution >= 0.6 is 0 Å². The Bertz CT molecular complexity index is 1020. The summed E-state index contributed by atoms with van der Waals surface area (Å²) in [5.74, 6) is -0.462. The second-order valence-corrected chi connectivity index (χ2v) is 9.33. The molecule has 0 aromatic heterocycles. The number of hydrogen-bond acceptors (Lipinski definition) is 4. The largest absolute Gasteiger partial charge is 0.344 e. The highest BCUT2D eigenvalue weighted by Gasteiger charge is 2.25. The predicted molar refractivity (Wildman–Crippen MR) is 117 cm³/mol. The van der Waals surface area contributed by atoms with Gasteiger partial charge in [-0.15, -0.1) is 0 Å². The fourth-order valence-electron chi connectivity index (χ4n) is 3.45. The van der Waals surface area contributed by atoms with Gasteiger partial charge in [0.05, 0.1) is 10.6 Å². The van der Waals surface area contributed by atoms with Crippen LogP contribution in [-0.2, 0) is 19.6 Å². The maximum absolute atomic E-state index is 12.6. The van der Waals surface area contributed by atoms with E-state index in [0.717, 1.165) is 31.2 Å². The monoisotopic (exact) mass is 429 g/mol. The zero-order valence-corrected chi connectivity index (χ0v) is 18.0. The van der Waals surface area contributed by atoms with Gasteiger partial charge >= 0.3 is 0 Å². The van der Waals surface area contributed by atoms with Gasteiger partial charge < -0.3 is 10.6 Å². The molecular weight excluding hydrogens is 402 g/mol. The summed E-state index contributed by atoms with van der Waals surface area (Å²) in [6.45, 7) is 3.41. The lowest BCUT2D eigenvalue weighted by Crippen LogP contribution is -2.43. The molecule has 0 saturated heterocycles. The van der Waals surface area contributed by atoms with E-state index in [4.69, 9.17) is 0 Å². The Kier molecular flexibility index (Phi) is 6.77. The molecule has 2 aromatic carbocycles. The van der Waals surface area contributed by atoms with E-state index < -0.39 is 16.1 Å². The van der Waals surface area contributed by atoms with Crippen LogP contribution in [0.15, 0.2) is 53.4 Å². The first-order valence-electron chi connectivity index (χ1n) is 10.1. The maximum atomic E-state index is 12.6. The summed E-state index contributed by atoms with van der Waals surface area (Å²) >= 11 is 0. The molecule has 160 valence electrons. The van der Waals surface area contributed by atoms with Crippen LogP contribution < -0.4 is 15.4 Å². The smallest absolute Gasteiger partial charge is 0.261 e. The fraction of sp³-hybridized carbons (Fsp3) is 0.364. The van der Waals surface area contributed by atoms with Gasteiger partial charge in [0, 0.05) is 11.6 Å². The van der Waals surface area contributed by atoms with Crippen molar-refractivity contribution >= 4 is 33.2 Å². The topological polar surface area (TPSA) is 104 Å². The third-order valence-electron chi connectivity index (χ3n) is 5.28. The Hall–Kier alpha value is -2.87. The Morgan fingerprint density at radius 3 is 2.37 bits per heavy atom. The van der Waals surface area contributed by atoms with Crippen molar-refractivity contribution in [2.45, 2.75) is 50.5 Å². The van der Waals surface area contributed by atoms with Crippen molar-refractivity contribution in [3.05, 3.63) is 54.1 Å². The van der Waals surface area contributed by atoms with Crippen LogP contribution in [0.25, 0.3) is 0 Å². The summed E-state index contributed by atoms with van der Waals surface area (Å²) in [6, 6.07) is 12.4. The third-order valence-corrected chi connectivity index (χ3v) is 6.66. The molecular formula is C22H27N3O4S. The summed E-state index contributed by atoms with van der Waals surface area (Å²) in [6.07, 6.45) is 3.82. The summed E-state index contributed by atoms with van der Waals surface area (Å²) in [5, 5.41) is 5.51. The Morgan fingerprint density at radius 1 is 1.03 bits per heavy atom. The van der Waals surface area contributed by atoms with E-state index in [9.17, 15) is 18.0 Å². The first-order valence-corrected chi connectivity index (χ1v) is 11.5. The molecule has 0 spiro atoms. The number of carbonyl (C=O) groups is 2. The number of carbonyl (C=O) groups excluding carboxylic acids is 2. The molecule has 30 heavy (non-hydrogen) atoms. The van der Waals surface area contributed by atoms with Crippen LogP contribution in [0, 0.1) is 12.8 Å². The molecule has 1 aliphatic carbocycles. The zero-order chi connectivity index (χ0) is 21.7. The maximum Gasteiger partial charge on any atom is 0.261 e. The van der Waals surface area contributed by atoms with Crippen LogP contribution in [0.3, 0.4) is 0 Å². The lowest BCUT2D eigenvalue weighted by molar-refractivity contribution is -0.128. The molecule has 3 N–H and O–H groups in total. The van der Waals surface area contributed by atoms with E-state index in [1.807, 2.05) is 0 Å². The minimum atomic E-state index is -3.74. The van der Waals surface area contributed by atoms with Crippen molar-refractivity contribution in [1.29, 1.82) is 0 Å². The molecule has 8 heteroatoms. The zero-order valence-electron chi connectivity index (χ0n) is 17.1. The standard InChI is InChI=1S/C22H27N3O4S/c1-15-12-13-18(14-20(15)25-30(28,29)19-10-4-3-5-11-19)24-21(26)16(2)23-22(27)17-8-6-7-9-17/h3-5,10-14,16-17,25H,6-9H2,1-2H3,(H,23,27)(H,24,26). The summed E-state index contributed by atoms with van der Waals surface area (Å²) in [5.41, 5.74) is 1.53. The SMILES string of the molecule is Cc1ccc(NC(=O)C(C)NC(=O)C2CCCC2)cc1NS(=O)(=O)c1ccccc1. The van der Waals surface area contributed by atoms with E-state index in [1.165, 1.54) is 12.1 Å². The average Bonchev–Trinajstić information content (AvgIpc) is 3.26. The number of rotatable bonds is 7. The van der Waals surface area contributed by atoms with E-state index in [-0.39, 0.29) is 22.6 Å². The second kappa shape index (κ2) is 9.30. The fourth-order valence-corrected chi connectivity index (χ4v) is 4.59. The van der Waals surface area contributed by atoms with Gasteiger partial charge in [-0.3, -0.25) is 14.3 Å². The van der Waals surface area contributed by atoms with Crippen LogP contribution in [0.1, 0.15) is 38.2 Å². The molecule has 0 radical (unpaired) electrons. The molecule has 0 aliphatic heterocycles. The molecule has 1 aliphatic rings. The Morgan fingerprint density at radius 2 is 1.70 bits per heavy atom. The van der Waals surface area contributed by atoms with Crippen molar-refractivity contribution < 1.29 is 18.0 Å². The molecule has 1 atom stereocenters. The van der Waals surface area contributed by atoms with E-state index in [1.54, 1.807) is 50.2 Å². The van der Waals surface area contributed by atoms with Crippen molar-refractivity contribution in [2.24, 2.45) is 5.92 Å². The predicted octanol–water partition coefficient (Wildman–Crippen LogP) is 3.43. The van der Waals surface area contributed by atoms with Crippen molar-refractivity contribution in [3.63, 3.8) is 0 Å². The van der Waals surface area contributed by atoms with Gasteiger partial charge in [0.1, 0.15) is 6.04 Å². The number of amides is 2. The van der Waals surface area contributed by atoms with Gasteiger partial charge in [0.25, 0.3) is 10.0 Å². The van der Waals surface area contributed by atoms with Crippen molar-refractivity contribution in [2.75, 3.05) is 10.0 Å². The third kappa shape index (κ3) is 5.38. The summed E-state index contributed by atoms with van der Waals surface area (Å²) in [4.78, 5) is 24.9. The van der Waals surface area contributed by atoms with E-state index in [2.05, 4.69) is 15.4 Å². The number of aryl methyl sites for hydroxylation is 1. The molecule has 1 fully saturated rings. The van der Waals surface area contributed by atoms with Crippen LogP contribution in [0.2, 0.25) is 0 Å². The van der Waals surface area contributed by atoms with Gasteiger partial charge in [-0.2, -0.15) is 0 Å². The first-order chi connectivity index (χ1) is 14.3. The summed E-state index contributed by atoms with van der Waals surface area (Å²) in [7, 11) is -3.74. The number of sulfonamides is 1. The first kappa shape index (κ1) is 21.8.